The Balaban J connectivity index is 1.77. The second kappa shape index (κ2) is 8.76. The maximum Gasteiger partial charge on any atom is 0.315 e. The molecule has 0 aliphatic carbocycles. The molecule has 7 heteroatoms. The van der Waals surface area contributed by atoms with Crippen molar-refractivity contribution in [3.05, 3.63) is 51.2 Å². The Labute approximate surface area is 144 Å². The average molecular weight is 355 g/mol. The van der Waals surface area contributed by atoms with Crippen molar-refractivity contribution in [2.75, 3.05) is 20.8 Å². The SMILES string of the molecule is COc1ccc(CNC(=O)NC[C@@H](OC)c2ccc(Cl)s2)cc1. The number of benzene rings is 1. The van der Waals surface area contributed by atoms with Crippen molar-refractivity contribution in [3.8, 4) is 5.75 Å². The number of ether oxygens (including phenoxy) is 2. The molecule has 2 N–H and O–H groups in total. The molecule has 5 nitrogen and oxygen atoms in total. The summed E-state index contributed by atoms with van der Waals surface area (Å²) in [6.07, 6.45) is -0.209. The zero-order valence-electron chi connectivity index (χ0n) is 13.0. The van der Waals surface area contributed by atoms with E-state index in [1.165, 1.54) is 11.3 Å². The van der Waals surface area contributed by atoms with Crippen molar-refractivity contribution in [1.82, 2.24) is 10.6 Å². The first kappa shape index (κ1) is 17.6. The molecule has 0 bridgehead atoms. The van der Waals surface area contributed by atoms with E-state index in [4.69, 9.17) is 21.1 Å². The van der Waals surface area contributed by atoms with Crippen LogP contribution >= 0.6 is 22.9 Å². The molecule has 23 heavy (non-hydrogen) atoms. The quantitative estimate of drug-likeness (QED) is 0.798. The number of rotatable bonds is 7. The molecule has 1 atom stereocenters. The van der Waals surface area contributed by atoms with Gasteiger partial charge in [-0.15, -0.1) is 11.3 Å². The minimum atomic E-state index is -0.245. The van der Waals surface area contributed by atoms with E-state index in [1.807, 2.05) is 36.4 Å². The largest absolute Gasteiger partial charge is 0.497 e. The summed E-state index contributed by atoms with van der Waals surface area (Å²) in [6.45, 7) is 0.820. The number of nitrogens with one attached hydrogen (secondary N) is 2. The minimum absolute atomic E-state index is 0.209. The number of hydrogen-bond acceptors (Lipinski definition) is 4. The second-order valence-corrected chi connectivity index (χ2v) is 6.52. The monoisotopic (exact) mass is 354 g/mol. The van der Waals surface area contributed by atoms with Crippen LogP contribution in [0.2, 0.25) is 4.34 Å². The lowest BCUT2D eigenvalue weighted by Gasteiger charge is -2.15. The smallest absolute Gasteiger partial charge is 0.315 e. The summed E-state index contributed by atoms with van der Waals surface area (Å²) in [5.41, 5.74) is 0.995. The van der Waals surface area contributed by atoms with Gasteiger partial charge in [-0.25, -0.2) is 4.79 Å². The first-order valence-corrected chi connectivity index (χ1v) is 8.24. The summed E-state index contributed by atoms with van der Waals surface area (Å²) < 4.78 is 11.2. The van der Waals surface area contributed by atoms with E-state index in [0.717, 1.165) is 16.2 Å². The van der Waals surface area contributed by atoms with E-state index in [1.54, 1.807) is 14.2 Å². The molecular weight excluding hydrogens is 336 g/mol. The normalized spacial score (nSPS) is 11.8. The number of hydrogen-bond donors (Lipinski definition) is 2. The maximum absolute atomic E-state index is 11.9. The van der Waals surface area contributed by atoms with Crippen LogP contribution in [0, 0.1) is 0 Å². The number of amides is 2. The molecule has 0 saturated carbocycles. The molecular formula is C16H19ClN2O3S. The summed E-state index contributed by atoms with van der Waals surface area (Å²) in [5, 5.41) is 5.60. The molecule has 0 fully saturated rings. The van der Waals surface area contributed by atoms with Gasteiger partial charge in [-0.05, 0) is 29.8 Å². The number of urea groups is 1. The molecule has 2 amide bonds. The highest BCUT2D eigenvalue weighted by Crippen LogP contribution is 2.28. The predicted octanol–water partition coefficient (Wildman–Crippen LogP) is 3.60. The Morgan fingerprint density at radius 3 is 2.48 bits per heavy atom. The standard InChI is InChI=1S/C16H19ClN2O3S/c1-21-12-5-3-11(4-6-12)9-18-16(20)19-10-13(22-2)14-7-8-15(17)23-14/h3-8,13H,9-10H2,1-2H3,(H2,18,19,20)/t13-/m1/s1. The average Bonchev–Trinajstić information content (AvgIpc) is 3.00. The molecule has 124 valence electrons. The number of thiophene rings is 1. The Hall–Kier alpha value is -1.76. The number of carbonyl (C=O) groups is 1. The van der Waals surface area contributed by atoms with Gasteiger partial charge >= 0.3 is 6.03 Å². The van der Waals surface area contributed by atoms with E-state index in [-0.39, 0.29) is 12.1 Å². The van der Waals surface area contributed by atoms with Crippen molar-refractivity contribution in [2.45, 2.75) is 12.6 Å². The van der Waals surface area contributed by atoms with Crippen LogP contribution in [-0.4, -0.2) is 26.8 Å². The summed E-state index contributed by atoms with van der Waals surface area (Å²) in [7, 11) is 3.23. The highest BCUT2D eigenvalue weighted by atomic mass is 35.5. The van der Waals surface area contributed by atoms with Crippen molar-refractivity contribution < 1.29 is 14.3 Å². The van der Waals surface area contributed by atoms with Crippen LogP contribution in [0.4, 0.5) is 4.79 Å². The molecule has 0 unspecified atom stereocenters. The molecule has 1 aromatic heterocycles. The van der Waals surface area contributed by atoms with E-state index in [0.29, 0.717) is 17.4 Å². The van der Waals surface area contributed by atoms with Crippen molar-refractivity contribution in [2.24, 2.45) is 0 Å². The van der Waals surface area contributed by atoms with Gasteiger partial charge < -0.3 is 20.1 Å². The second-order valence-electron chi connectivity index (χ2n) is 4.78. The van der Waals surface area contributed by atoms with Crippen molar-refractivity contribution in [3.63, 3.8) is 0 Å². The first-order chi connectivity index (χ1) is 11.1. The van der Waals surface area contributed by atoms with Gasteiger partial charge in [0.1, 0.15) is 11.9 Å². The Morgan fingerprint density at radius 2 is 1.91 bits per heavy atom. The van der Waals surface area contributed by atoms with Gasteiger partial charge in [-0.2, -0.15) is 0 Å². The molecule has 0 saturated heterocycles. The van der Waals surface area contributed by atoms with Crippen LogP contribution < -0.4 is 15.4 Å². The van der Waals surface area contributed by atoms with Crippen LogP contribution in [0.15, 0.2) is 36.4 Å². The zero-order chi connectivity index (χ0) is 16.7. The van der Waals surface area contributed by atoms with Crippen LogP contribution in [0.1, 0.15) is 16.5 Å². The zero-order valence-corrected chi connectivity index (χ0v) is 14.5. The molecule has 0 radical (unpaired) electrons. The third kappa shape index (κ3) is 5.42. The van der Waals surface area contributed by atoms with Crippen molar-refractivity contribution in [1.29, 1.82) is 0 Å². The predicted molar refractivity (Wildman–Crippen MR) is 92.3 cm³/mol. The topological polar surface area (TPSA) is 59.6 Å². The maximum atomic E-state index is 11.9. The minimum Gasteiger partial charge on any atom is -0.497 e. The third-order valence-corrected chi connectivity index (χ3v) is 4.58. The van der Waals surface area contributed by atoms with Gasteiger partial charge in [-0.1, -0.05) is 23.7 Å². The number of halogens is 1. The molecule has 1 heterocycles. The van der Waals surface area contributed by atoms with Gasteiger partial charge in [0.15, 0.2) is 0 Å². The highest BCUT2D eigenvalue weighted by molar-refractivity contribution is 7.16. The fourth-order valence-electron chi connectivity index (χ4n) is 1.98. The summed E-state index contributed by atoms with van der Waals surface area (Å²) in [4.78, 5) is 12.9. The van der Waals surface area contributed by atoms with E-state index >= 15 is 0 Å². The fraction of sp³-hybridized carbons (Fsp3) is 0.312. The Kier molecular flexibility index (Phi) is 6.70. The molecule has 1 aromatic carbocycles. The van der Waals surface area contributed by atoms with Crippen molar-refractivity contribution >= 4 is 29.0 Å². The summed E-state index contributed by atoms with van der Waals surface area (Å²) >= 11 is 7.36. The van der Waals surface area contributed by atoms with Crippen LogP contribution in [0.5, 0.6) is 5.75 Å². The van der Waals surface area contributed by atoms with E-state index in [9.17, 15) is 4.79 Å². The number of carbonyl (C=O) groups excluding carboxylic acids is 1. The molecule has 2 aromatic rings. The first-order valence-electron chi connectivity index (χ1n) is 7.05. The van der Waals surface area contributed by atoms with Gasteiger partial charge in [-0.3, -0.25) is 0 Å². The third-order valence-electron chi connectivity index (χ3n) is 3.26. The summed E-state index contributed by atoms with van der Waals surface area (Å²) in [6, 6.07) is 11.0. The highest BCUT2D eigenvalue weighted by Gasteiger charge is 2.14. The van der Waals surface area contributed by atoms with E-state index < -0.39 is 0 Å². The molecule has 0 aliphatic rings. The number of methoxy groups -OCH3 is 2. The lowest BCUT2D eigenvalue weighted by molar-refractivity contribution is 0.107. The molecule has 2 rings (SSSR count). The van der Waals surface area contributed by atoms with E-state index in [2.05, 4.69) is 10.6 Å². The molecule has 0 spiro atoms. The van der Waals surface area contributed by atoms with Gasteiger partial charge in [0.25, 0.3) is 0 Å². The Bertz CT molecular complexity index is 631. The van der Waals surface area contributed by atoms with Gasteiger partial charge in [0.05, 0.1) is 18.0 Å². The van der Waals surface area contributed by atoms with Crippen LogP contribution in [-0.2, 0) is 11.3 Å². The Morgan fingerprint density at radius 1 is 1.17 bits per heavy atom. The fourth-order valence-corrected chi connectivity index (χ4v) is 3.11. The lowest BCUT2D eigenvalue weighted by Crippen LogP contribution is -2.37. The lowest BCUT2D eigenvalue weighted by atomic mass is 10.2. The van der Waals surface area contributed by atoms with Crippen LogP contribution in [0.25, 0.3) is 0 Å². The molecule has 0 aliphatic heterocycles. The van der Waals surface area contributed by atoms with Gasteiger partial charge in [0.2, 0.25) is 0 Å². The van der Waals surface area contributed by atoms with Gasteiger partial charge in [0, 0.05) is 18.5 Å². The summed E-state index contributed by atoms with van der Waals surface area (Å²) in [5.74, 6) is 0.788. The van der Waals surface area contributed by atoms with Crippen LogP contribution in [0.3, 0.4) is 0 Å².